The van der Waals surface area contributed by atoms with Crippen LogP contribution >= 0.6 is 0 Å². The third kappa shape index (κ3) is 3.83. The molecular formula is C13H20F6O2. The van der Waals surface area contributed by atoms with Crippen molar-refractivity contribution >= 4 is 0 Å². The van der Waals surface area contributed by atoms with Crippen LogP contribution in [0.5, 0.6) is 0 Å². The van der Waals surface area contributed by atoms with Gasteiger partial charge >= 0.3 is 18.1 Å². The molecule has 0 aromatic heterocycles. The van der Waals surface area contributed by atoms with Gasteiger partial charge in [0, 0.05) is 0 Å². The van der Waals surface area contributed by atoms with Crippen molar-refractivity contribution in [2.75, 3.05) is 0 Å². The predicted molar refractivity (Wildman–Crippen MR) is 63.6 cm³/mol. The lowest BCUT2D eigenvalue weighted by Crippen LogP contribution is -2.58. The second-order valence-corrected chi connectivity index (χ2v) is 5.18. The highest BCUT2D eigenvalue weighted by molar-refractivity contribution is 4.95. The zero-order chi connectivity index (χ0) is 16.3. The number of unbranched alkanes of at least 4 members (excludes halogenated alkanes) is 3. The smallest absolute Gasteiger partial charge is 0.329 e. The quantitative estimate of drug-likeness (QED) is 0.508. The Labute approximate surface area is 119 Å². The van der Waals surface area contributed by atoms with Gasteiger partial charge in [0.2, 0.25) is 0 Å². The van der Waals surface area contributed by atoms with Gasteiger partial charge in [-0.25, -0.2) is 0 Å². The second kappa shape index (κ2) is 6.73. The molecule has 2 atom stereocenters. The Morgan fingerprint density at radius 2 is 1.33 bits per heavy atom. The number of alkyl halides is 6. The van der Waals surface area contributed by atoms with Crippen LogP contribution in [0.3, 0.4) is 0 Å². The SMILES string of the molecule is CCCCCCC1OC(C(F)(F)F)(C(F)(F)F)OC1CC. The van der Waals surface area contributed by atoms with Crippen LogP contribution in [-0.4, -0.2) is 30.3 Å². The zero-order valence-corrected chi connectivity index (χ0v) is 12.0. The highest BCUT2D eigenvalue weighted by atomic mass is 19.4. The fourth-order valence-electron chi connectivity index (χ4n) is 2.40. The maximum atomic E-state index is 12.9. The minimum atomic E-state index is -5.66. The largest absolute Gasteiger partial charge is 0.453 e. The molecule has 0 spiro atoms. The first-order valence-electron chi connectivity index (χ1n) is 7.08. The Balaban J connectivity index is 2.86. The zero-order valence-electron chi connectivity index (χ0n) is 12.0. The van der Waals surface area contributed by atoms with E-state index in [0.717, 1.165) is 19.3 Å². The first-order chi connectivity index (χ1) is 9.59. The lowest BCUT2D eigenvalue weighted by Gasteiger charge is -2.31. The lowest BCUT2D eigenvalue weighted by molar-refractivity contribution is -0.446. The fraction of sp³-hybridized carbons (Fsp3) is 1.00. The molecule has 0 aromatic rings. The van der Waals surface area contributed by atoms with Gasteiger partial charge in [-0.1, -0.05) is 39.5 Å². The average Bonchev–Trinajstić information content (AvgIpc) is 2.74. The minimum absolute atomic E-state index is 0.0341. The molecule has 126 valence electrons. The number of ether oxygens (including phenoxy) is 2. The Hall–Kier alpha value is -0.500. The van der Waals surface area contributed by atoms with Crippen molar-refractivity contribution in [2.45, 2.75) is 82.7 Å². The molecule has 1 heterocycles. The summed E-state index contributed by atoms with van der Waals surface area (Å²) in [6.45, 7) is 3.44. The highest BCUT2D eigenvalue weighted by Crippen LogP contribution is 2.52. The van der Waals surface area contributed by atoms with Gasteiger partial charge in [0.15, 0.2) is 0 Å². The maximum Gasteiger partial charge on any atom is 0.453 e. The van der Waals surface area contributed by atoms with E-state index >= 15 is 0 Å². The van der Waals surface area contributed by atoms with E-state index in [2.05, 4.69) is 9.47 Å². The summed E-state index contributed by atoms with van der Waals surface area (Å²) in [5.74, 6) is -4.49. The fourth-order valence-corrected chi connectivity index (χ4v) is 2.40. The Kier molecular flexibility index (Phi) is 5.94. The van der Waals surface area contributed by atoms with Gasteiger partial charge < -0.3 is 9.47 Å². The first-order valence-corrected chi connectivity index (χ1v) is 7.08. The predicted octanol–water partition coefficient (Wildman–Crippen LogP) is 4.97. The van der Waals surface area contributed by atoms with Gasteiger partial charge in [-0.3, -0.25) is 0 Å². The molecule has 0 bridgehead atoms. The Morgan fingerprint density at radius 3 is 1.76 bits per heavy atom. The van der Waals surface area contributed by atoms with E-state index < -0.39 is 30.3 Å². The average molecular weight is 322 g/mol. The van der Waals surface area contributed by atoms with Crippen LogP contribution in [0.1, 0.15) is 52.4 Å². The van der Waals surface area contributed by atoms with Crippen LogP contribution in [0.15, 0.2) is 0 Å². The van der Waals surface area contributed by atoms with Crippen molar-refractivity contribution in [2.24, 2.45) is 0 Å². The first kappa shape index (κ1) is 18.5. The molecule has 1 saturated heterocycles. The molecule has 1 aliphatic heterocycles. The minimum Gasteiger partial charge on any atom is -0.329 e. The normalized spacial score (nSPS) is 26.3. The lowest BCUT2D eigenvalue weighted by atomic mass is 10.0. The van der Waals surface area contributed by atoms with Crippen molar-refractivity contribution in [1.29, 1.82) is 0 Å². The van der Waals surface area contributed by atoms with Crippen LogP contribution < -0.4 is 0 Å². The highest BCUT2D eigenvalue weighted by Gasteiger charge is 2.78. The summed E-state index contributed by atoms with van der Waals surface area (Å²) < 4.78 is 85.9. The molecule has 0 amide bonds. The summed E-state index contributed by atoms with van der Waals surface area (Å²) in [7, 11) is 0. The van der Waals surface area contributed by atoms with E-state index in [4.69, 9.17) is 0 Å². The van der Waals surface area contributed by atoms with Gasteiger partial charge in [-0.2, -0.15) is 26.3 Å². The summed E-state index contributed by atoms with van der Waals surface area (Å²) in [4.78, 5) is 0. The third-order valence-electron chi connectivity index (χ3n) is 3.54. The molecule has 0 aliphatic carbocycles. The van der Waals surface area contributed by atoms with Crippen molar-refractivity contribution in [3.05, 3.63) is 0 Å². The molecule has 0 N–H and O–H groups in total. The Morgan fingerprint density at radius 1 is 0.810 bits per heavy atom. The third-order valence-corrected chi connectivity index (χ3v) is 3.54. The molecule has 21 heavy (non-hydrogen) atoms. The molecule has 0 radical (unpaired) electrons. The molecule has 2 nitrogen and oxygen atoms in total. The monoisotopic (exact) mass is 322 g/mol. The summed E-state index contributed by atoms with van der Waals surface area (Å²) >= 11 is 0. The van der Waals surface area contributed by atoms with Crippen molar-refractivity contribution in [3.8, 4) is 0 Å². The van der Waals surface area contributed by atoms with E-state index in [1.165, 1.54) is 6.92 Å². The Bertz CT molecular complexity index is 312. The molecule has 2 unspecified atom stereocenters. The van der Waals surface area contributed by atoms with Gasteiger partial charge in [0.05, 0.1) is 12.2 Å². The van der Waals surface area contributed by atoms with Crippen LogP contribution in [0, 0.1) is 0 Å². The summed E-state index contributed by atoms with van der Waals surface area (Å²) in [5, 5.41) is 0. The van der Waals surface area contributed by atoms with E-state index in [1.807, 2.05) is 6.92 Å². The summed E-state index contributed by atoms with van der Waals surface area (Å²) in [6, 6.07) is 0. The molecule has 0 saturated carbocycles. The molecule has 1 fully saturated rings. The van der Waals surface area contributed by atoms with Crippen molar-refractivity contribution in [3.63, 3.8) is 0 Å². The van der Waals surface area contributed by atoms with E-state index in [9.17, 15) is 26.3 Å². The molecule has 0 aromatic carbocycles. The van der Waals surface area contributed by atoms with Crippen LogP contribution in [0.2, 0.25) is 0 Å². The van der Waals surface area contributed by atoms with Crippen LogP contribution in [0.4, 0.5) is 26.3 Å². The number of hydrogen-bond acceptors (Lipinski definition) is 2. The number of halogens is 6. The standard InChI is InChI=1S/C13H20F6O2/c1-3-5-6-7-8-10-9(4-2)20-11(21-10,12(14,15)16)13(17,18)19/h9-10H,3-8H2,1-2H3. The van der Waals surface area contributed by atoms with Gasteiger partial charge in [-0.05, 0) is 12.8 Å². The number of hydrogen-bond donors (Lipinski definition) is 0. The topological polar surface area (TPSA) is 18.5 Å². The summed E-state index contributed by atoms with van der Waals surface area (Å²) in [5.41, 5.74) is 0. The van der Waals surface area contributed by atoms with E-state index in [1.54, 1.807) is 0 Å². The van der Waals surface area contributed by atoms with E-state index in [-0.39, 0.29) is 12.8 Å². The van der Waals surface area contributed by atoms with Gasteiger partial charge in [0.1, 0.15) is 0 Å². The number of rotatable bonds is 6. The van der Waals surface area contributed by atoms with Gasteiger partial charge in [0.25, 0.3) is 0 Å². The van der Waals surface area contributed by atoms with Crippen molar-refractivity contribution < 1.29 is 35.8 Å². The molecule has 8 heteroatoms. The summed E-state index contributed by atoms with van der Waals surface area (Å²) in [6.07, 6.45) is -10.5. The van der Waals surface area contributed by atoms with Crippen LogP contribution in [0.25, 0.3) is 0 Å². The van der Waals surface area contributed by atoms with Crippen LogP contribution in [-0.2, 0) is 9.47 Å². The van der Waals surface area contributed by atoms with Gasteiger partial charge in [-0.15, -0.1) is 0 Å². The second-order valence-electron chi connectivity index (χ2n) is 5.18. The molecular weight excluding hydrogens is 302 g/mol. The van der Waals surface area contributed by atoms with E-state index in [0.29, 0.717) is 6.42 Å². The molecule has 1 rings (SSSR count). The maximum absolute atomic E-state index is 12.9. The molecule has 1 aliphatic rings. The van der Waals surface area contributed by atoms with Crippen molar-refractivity contribution in [1.82, 2.24) is 0 Å².